The molecule has 5 heteroatoms. The quantitative estimate of drug-likeness (QED) is 0.563. The molecule has 39 valence electrons. The van der Waals surface area contributed by atoms with Crippen molar-refractivity contribution in [3.8, 4) is 0 Å². The summed E-state index contributed by atoms with van der Waals surface area (Å²) in [5.74, 6) is 0. The molecule has 0 spiro atoms. The zero-order chi connectivity index (χ0) is 4.50. The van der Waals surface area contributed by atoms with Crippen LogP contribution < -0.4 is 0 Å². The molecule has 0 fully saturated rings. The molecule has 0 aromatic carbocycles. The van der Waals surface area contributed by atoms with E-state index in [-0.39, 0.29) is 0 Å². The van der Waals surface area contributed by atoms with Gasteiger partial charge in [0.1, 0.15) is 0 Å². The summed E-state index contributed by atoms with van der Waals surface area (Å²) in [6.45, 7) is 0. The van der Waals surface area contributed by atoms with Gasteiger partial charge in [-0.15, -0.1) is 0 Å². The van der Waals surface area contributed by atoms with Crippen LogP contribution in [-0.4, -0.2) is 0 Å². The van der Waals surface area contributed by atoms with Gasteiger partial charge in [0.2, 0.25) is 0 Å². The first-order valence-corrected chi connectivity index (χ1v) is 9.77. The number of rotatable bonds is 0. The molecule has 0 aliphatic heterocycles. The van der Waals surface area contributed by atoms with Crippen molar-refractivity contribution in [3.63, 3.8) is 0 Å². The molecule has 0 unspecified atom stereocenters. The monoisotopic (exact) mass is 379 g/mol. The van der Waals surface area contributed by atoms with Crippen LogP contribution >= 0.6 is 56.4 Å². The van der Waals surface area contributed by atoms with Gasteiger partial charge in [0.05, 0.1) is 0 Å². The van der Waals surface area contributed by atoms with Crippen LogP contribution in [0.2, 0.25) is 0 Å². The molecule has 0 rings (SSSR count). The van der Waals surface area contributed by atoms with E-state index in [1.54, 1.807) is 0 Å². The van der Waals surface area contributed by atoms with Gasteiger partial charge in [-0.25, -0.2) is 0 Å². The van der Waals surface area contributed by atoms with Gasteiger partial charge in [0, 0.05) is 0 Å². The molecule has 0 aromatic heterocycles. The maximum absolute atomic E-state index is 3.20. The third kappa shape index (κ3) is 21.3. The Morgan fingerprint density at radius 3 is 0.800 bits per heavy atom. The molecule has 0 bridgehead atoms. The maximum atomic E-state index is 3.20. The fourth-order valence-corrected chi connectivity index (χ4v) is 0. The minimum atomic E-state index is -0.875. The summed E-state index contributed by atoms with van der Waals surface area (Å²) < 4.78 is 0. The molecular formula is Br4Cu. The van der Waals surface area contributed by atoms with E-state index in [4.69, 9.17) is 0 Å². The SMILES string of the molecule is [Br][Cu]([Br])([Br])[Br]. The van der Waals surface area contributed by atoms with E-state index < -0.39 is 5.61 Å². The second kappa shape index (κ2) is 2.68. The van der Waals surface area contributed by atoms with Crippen molar-refractivity contribution in [2.75, 3.05) is 0 Å². The third-order valence-electron chi connectivity index (χ3n) is 0. The van der Waals surface area contributed by atoms with Gasteiger partial charge in [0.15, 0.2) is 0 Å². The zero-order valence-electron chi connectivity index (χ0n) is 1.81. The van der Waals surface area contributed by atoms with Crippen LogP contribution in [0.1, 0.15) is 0 Å². The molecule has 0 radical (unpaired) electrons. The summed E-state index contributed by atoms with van der Waals surface area (Å²) in [5, 5.41) is 0. The molecule has 0 saturated carbocycles. The molecule has 5 heavy (non-hydrogen) atoms. The molecule has 0 N–H and O–H groups in total. The second-order valence-corrected chi connectivity index (χ2v) is 28.8. The standard InChI is InChI=1S/4BrH.Cu/h4*1H;/q;;;;+4/p-4. The van der Waals surface area contributed by atoms with Crippen molar-refractivity contribution in [2.45, 2.75) is 0 Å². The summed E-state index contributed by atoms with van der Waals surface area (Å²) in [6.07, 6.45) is 0. The summed E-state index contributed by atoms with van der Waals surface area (Å²) in [7, 11) is 0. The van der Waals surface area contributed by atoms with E-state index in [0.29, 0.717) is 0 Å². The van der Waals surface area contributed by atoms with Crippen molar-refractivity contribution in [1.82, 2.24) is 0 Å². The predicted octanol–water partition coefficient (Wildman–Crippen LogP) is 3.38. The normalized spacial score (nSPS) is 15.2. The van der Waals surface area contributed by atoms with Crippen LogP contribution in [0, 0.1) is 0 Å². The topological polar surface area (TPSA) is 0 Å². The molecule has 0 heterocycles. The van der Waals surface area contributed by atoms with Gasteiger partial charge < -0.3 is 0 Å². The van der Waals surface area contributed by atoms with Gasteiger partial charge in [0.25, 0.3) is 0 Å². The van der Waals surface area contributed by atoms with Gasteiger partial charge in [-0.05, 0) is 0 Å². The van der Waals surface area contributed by atoms with E-state index in [1.165, 1.54) is 0 Å². The molecule has 0 amide bonds. The zero-order valence-corrected chi connectivity index (χ0v) is 9.10. The van der Waals surface area contributed by atoms with Crippen LogP contribution in [0.15, 0.2) is 0 Å². The Morgan fingerprint density at radius 1 is 0.800 bits per heavy atom. The van der Waals surface area contributed by atoms with E-state index >= 15 is 0 Å². The molecule has 0 saturated heterocycles. The Balaban J connectivity index is 3.02. The van der Waals surface area contributed by atoms with Crippen molar-refractivity contribution in [2.24, 2.45) is 0 Å². The van der Waals surface area contributed by atoms with Crippen molar-refractivity contribution >= 4 is 56.4 Å². The summed E-state index contributed by atoms with van der Waals surface area (Å²) in [4.78, 5) is 0. The Labute approximate surface area is 61.1 Å². The van der Waals surface area contributed by atoms with Crippen LogP contribution in [-0.2, 0) is 5.61 Å². The van der Waals surface area contributed by atoms with Crippen molar-refractivity contribution in [1.29, 1.82) is 0 Å². The average Bonchev–Trinajstić information content (AvgIpc) is 0.722. The fourth-order valence-electron chi connectivity index (χ4n) is 0. The molecule has 0 aromatic rings. The van der Waals surface area contributed by atoms with Gasteiger partial charge >= 0.3 is 62.1 Å². The first kappa shape index (κ1) is 7.44. The molecular weight excluding hydrogens is 383 g/mol. The number of hydrogen-bond acceptors (Lipinski definition) is 0. The van der Waals surface area contributed by atoms with Gasteiger partial charge in [-0.3, -0.25) is 0 Å². The minimum absolute atomic E-state index is 0.875. The van der Waals surface area contributed by atoms with E-state index in [0.717, 1.165) is 0 Å². The van der Waals surface area contributed by atoms with Gasteiger partial charge in [-0.1, -0.05) is 0 Å². The van der Waals surface area contributed by atoms with Crippen LogP contribution in [0.3, 0.4) is 0 Å². The predicted molar refractivity (Wildman–Crippen MR) is 35.7 cm³/mol. The van der Waals surface area contributed by atoms with Gasteiger partial charge in [-0.2, -0.15) is 0 Å². The molecule has 0 atom stereocenters. The first-order valence-electron chi connectivity index (χ1n) is 0.456. The third-order valence-corrected chi connectivity index (χ3v) is 0. The Hall–Kier alpha value is 2.44. The first-order chi connectivity index (χ1) is 2.00. The van der Waals surface area contributed by atoms with Crippen LogP contribution in [0.25, 0.3) is 0 Å². The summed E-state index contributed by atoms with van der Waals surface area (Å²) >= 11 is 12.8. The second-order valence-electron chi connectivity index (χ2n) is 0.258. The van der Waals surface area contributed by atoms with E-state index in [2.05, 4.69) is 56.4 Å². The van der Waals surface area contributed by atoms with E-state index in [9.17, 15) is 0 Å². The Morgan fingerprint density at radius 2 is 0.800 bits per heavy atom. The van der Waals surface area contributed by atoms with Crippen LogP contribution in [0.4, 0.5) is 0 Å². The molecule has 0 nitrogen and oxygen atoms in total. The number of halogens is 4. The van der Waals surface area contributed by atoms with Crippen molar-refractivity contribution < 1.29 is 5.61 Å². The Bertz CT molecular complexity index is 19.1. The number of hydrogen-bond donors (Lipinski definition) is 0. The summed E-state index contributed by atoms with van der Waals surface area (Å²) in [5.41, 5.74) is -0.875. The van der Waals surface area contributed by atoms with Crippen LogP contribution in [0.5, 0.6) is 0 Å². The van der Waals surface area contributed by atoms with E-state index in [1.807, 2.05) is 0 Å². The molecule has 0 aliphatic carbocycles. The Kier molecular flexibility index (Phi) is 3.98. The van der Waals surface area contributed by atoms with Crippen molar-refractivity contribution in [3.05, 3.63) is 0 Å². The average molecular weight is 383 g/mol. The summed E-state index contributed by atoms with van der Waals surface area (Å²) in [6, 6.07) is 0. The fraction of sp³-hybridized carbons (Fsp3) is 0. The molecule has 0 aliphatic rings.